The minimum Gasteiger partial charge on any atom is -0.467 e. The Morgan fingerprint density at radius 2 is 2.04 bits per heavy atom. The van der Waals surface area contributed by atoms with Crippen molar-refractivity contribution in [3.05, 3.63) is 53.5 Å². The molecular formula is C16H18N2O6S. The van der Waals surface area contributed by atoms with Gasteiger partial charge in [0.15, 0.2) is 6.10 Å². The molecule has 9 heteroatoms. The number of carbonyl (C=O) groups excluding carboxylic acids is 2. The zero-order valence-corrected chi connectivity index (χ0v) is 14.5. The lowest BCUT2D eigenvalue weighted by atomic mass is 10.1. The Labute approximate surface area is 145 Å². The second-order valence-corrected chi connectivity index (χ2v) is 6.93. The van der Waals surface area contributed by atoms with E-state index in [1.807, 2.05) is 0 Å². The van der Waals surface area contributed by atoms with Crippen LogP contribution in [-0.4, -0.2) is 26.4 Å². The van der Waals surface area contributed by atoms with E-state index in [2.05, 4.69) is 5.32 Å². The van der Waals surface area contributed by atoms with Gasteiger partial charge in [-0.25, -0.2) is 18.4 Å². The number of furan rings is 1. The molecule has 0 aliphatic carbocycles. The molecule has 0 fully saturated rings. The van der Waals surface area contributed by atoms with Crippen molar-refractivity contribution < 1.29 is 27.2 Å². The lowest BCUT2D eigenvalue weighted by Gasteiger charge is -2.14. The van der Waals surface area contributed by atoms with Crippen LogP contribution in [0.2, 0.25) is 0 Å². The van der Waals surface area contributed by atoms with Crippen LogP contribution >= 0.6 is 0 Å². The standard InChI is InChI=1S/C16H18N2O6S/c1-10-5-6-13(25(17,21)22)8-14(10)16(20)24-11(2)15(19)18-9-12-4-3-7-23-12/h3-8,11H,9H2,1-2H3,(H,18,19)(H2,17,21,22). The van der Waals surface area contributed by atoms with Crippen molar-refractivity contribution in [2.45, 2.75) is 31.4 Å². The van der Waals surface area contributed by atoms with E-state index in [0.717, 1.165) is 6.07 Å². The van der Waals surface area contributed by atoms with E-state index < -0.39 is 28.0 Å². The van der Waals surface area contributed by atoms with Crippen LogP contribution in [0.1, 0.15) is 28.6 Å². The van der Waals surface area contributed by atoms with Crippen LogP contribution in [-0.2, 0) is 26.1 Å². The Kier molecular flexibility index (Phi) is 5.60. The van der Waals surface area contributed by atoms with Crippen molar-refractivity contribution in [3.8, 4) is 0 Å². The van der Waals surface area contributed by atoms with E-state index >= 15 is 0 Å². The summed E-state index contributed by atoms with van der Waals surface area (Å²) >= 11 is 0. The van der Waals surface area contributed by atoms with Gasteiger partial charge in [0.1, 0.15) is 5.76 Å². The molecule has 134 valence electrons. The first-order valence-electron chi connectivity index (χ1n) is 7.33. The summed E-state index contributed by atoms with van der Waals surface area (Å²) in [7, 11) is -3.95. The molecule has 3 N–H and O–H groups in total. The number of benzene rings is 1. The molecule has 1 atom stereocenters. The zero-order chi connectivity index (χ0) is 18.6. The van der Waals surface area contributed by atoms with Crippen LogP contribution in [0.4, 0.5) is 0 Å². The molecule has 0 aliphatic rings. The van der Waals surface area contributed by atoms with Gasteiger partial charge in [0.05, 0.1) is 23.3 Å². The Hall–Kier alpha value is -2.65. The number of sulfonamides is 1. The number of carbonyl (C=O) groups is 2. The van der Waals surface area contributed by atoms with E-state index in [1.54, 1.807) is 19.1 Å². The highest BCUT2D eigenvalue weighted by Gasteiger charge is 2.21. The van der Waals surface area contributed by atoms with Crippen LogP contribution in [0.3, 0.4) is 0 Å². The lowest BCUT2D eigenvalue weighted by Crippen LogP contribution is -2.35. The minimum atomic E-state index is -3.95. The first-order chi connectivity index (χ1) is 11.7. The summed E-state index contributed by atoms with van der Waals surface area (Å²) in [6, 6.07) is 7.24. The average molecular weight is 366 g/mol. The highest BCUT2D eigenvalue weighted by Crippen LogP contribution is 2.16. The number of nitrogens with one attached hydrogen (secondary N) is 1. The van der Waals surface area contributed by atoms with Gasteiger partial charge in [-0.3, -0.25) is 4.79 Å². The smallest absolute Gasteiger partial charge is 0.339 e. The predicted octanol–water partition coefficient (Wildman–Crippen LogP) is 1.10. The Morgan fingerprint density at radius 1 is 1.32 bits per heavy atom. The zero-order valence-electron chi connectivity index (χ0n) is 13.7. The first kappa shape index (κ1) is 18.7. The quantitative estimate of drug-likeness (QED) is 0.737. The third-order valence-corrected chi connectivity index (χ3v) is 4.34. The summed E-state index contributed by atoms with van der Waals surface area (Å²) in [5.74, 6) is -0.766. The molecule has 1 heterocycles. The van der Waals surface area contributed by atoms with Crippen LogP contribution in [0, 0.1) is 6.92 Å². The number of aryl methyl sites for hydroxylation is 1. The number of primary sulfonamides is 1. The predicted molar refractivity (Wildman–Crippen MR) is 88.0 cm³/mol. The fraction of sp³-hybridized carbons (Fsp3) is 0.250. The van der Waals surface area contributed by atoms with Crippen molar-refractivity contribution in [2.24, 2.45) is 5.14 Å². The van der Waals surface area contributed by atoms with Gasteiger partial charge in [0, 0.05) is 0 Å². The fourth-order valence-electron chi connectivity index (χ4n) is 2.01. The van der Waals surface area contributed by atoms with Gasteiger partial charge in [-0.1, -0.05) is 6.07 Å². The van der Waals surface area contributed by atoms with Gasteiger partial charge in [-0.2, -0.15) is 0 Å². The van der Waals surface area contributed by atoms with Crippen molar-refractivity contribution in [1.82, 2.24) is 5.32 Å². The normalized spacial score (nSPS) is 12.4. The molecule has 0 saturated heterocycles. The molecule has 1 amide bonds. The molecule has 0 saturated carbocycles. The summed E-state index contributed by atoms with van der Waals surface area (Å²) in [6.45, 7) is 3.19. The second-order valence-electron chi connectivity index (χ2n) is 5.37. The van der Waals surface area contributed by atoms with Crippen LogP contribution in [0.15, 0.2) is 45.9 Å². The van der Waals surface area contributed by atoms with Crippen LogP contribution in [0.5, 0.6) is 0 Å². The number of amides is 1. The summed E-state index contributed by atoms with van der Waals surface area (Å²) in [6.07, 6.45) is 0.409. The molecule has 25 heavy (non-hydrogen) atoms. The molecule has 8 nitrogen and oxygen atoms in total. The molecule has 2 aromatic rings. The van der Waals surface area contributed by atoms with Gasteiger partial charge in [0.25, 0.3) is 5.91 Å². The highest BCUT2D eigenvalue weighted by molar-refractivity contribution is 7.89. The van der Waals surface area contributed by atoms with Gasteiger partial charge >= 0.3 is 5.97 Å². The maximum absolute atomic E-state index is 12.2. The maximum Gasteiger partial charge on any atom is 0.339 e. The van der Waals surface area contributed by atoms with Crippen molar-refractivity contribution in [2.75, 3.05) is 0 Å². The third kappa shape index (κ3) is 4.91. The van der Waals surface area contributed by atoms with Crippen molar-refractivity contribution in [1.29, 1.82) is 0 Å². The summed E-state index contributed by atoms with van der Waals surface area (Å²) < 4.78 is 33.0. The third-order valence-electron chi connectivity index (χ3n) is 3.43. The van der Waals surface area contributed by atoms with E-state index in [0.29, 0.717) is 11.3 Å². The molecular weight excluding hydrogens is 348 g/mol. The van der Waals surface area contributed by atoms with E-state index in [1.165, 1.54) is 25.3 Å². The lowest BCUT2D eigenvalue weighted by molar-refractivity contribution is -0.129. The summed E-state index contributed by atoms with van der Waals surface area (Å²) in [5.41, 5.74) is 0.526. The number of ether oxygens (including phenoxy) is 1. The molecule has 0 aliphatic heterocycles. The highest BCUT2D eigenvalue weighted by atomic mass is 32.2. The maximum atomic E-state index is 12.2. The monoisotopic (exact) mass is 366 g/mol. The summed E-state index contributed by atoms with van der Waals surface area (Å²) in [4.78, 5) is 24.0. The number of nitrogens with two attached hydrogens (primary N) is 1. The first-order valence-corrected chi connectivity index (χ1v) is 8.87. The topological polar surface area (TPSA) is 129 Å². The number of rotatable bonds is 6. The molecule has 0 bridgehead atoms. The Morgan fingerprint density at radius 3 is 2.64 bits per heavy atom. The minimum absolute atomic E-state index is 0.0252. The van der Waals surface area contributed by atoms with E-state index in [-0.39, 0.29) is 17.0 Å². The van der Waals surface area contributed by atoms with Crippen LogP contribution < -0.4 is 10.5 Å². The average Bonchev–Trinajstić information content (AvgIpc) is 3.05. The van der Waals surface area contributed by atoms with Gasteiger partial charge in [0.2, 0.25) is 10.0 Å². The van der Waals surface area contributed by atoms with Gasteiger partial charge in [-0.05, 0) is 43.7 Å². The van der Waals surface area contributed by atoms with Crippen molar-refractivity contribution >= 4 is 21.9 Å². The molecule has 0 radical (unpaired) electrons. The SMILES string of the molecule is Cc1ccc(S(N)(=O)=O)cc1C(=O)OC(C)C(=O)NCc1ccco1. The van der Waals surface area contributed by atoms with Crippen LogP contribution in [0.25, 0.3) is 0 Å². The van der Waals surface area contributed by atoms with Gasteiger partial charge in [-0.15, -0.1) is 0 Å². The molecule has 0 spiro atoms. The van der Waals surface area contributed by atoms with E-state index in [9.17, 15) is 18.0 Å². The summed E-state index contributed by atoms with van der Waals surface area (Å²) in [5, 5.41) is 7.62. The fourth-order valence-corrected chi connectivity index (χ4v) is 2.55. The molecule has 2 rings (SSSR count). The number of esters is 1. The Balaban J connectivity index is 2.04. The van der Waals surface area contributed by atoms with Crippen molar-refractivity contribution in [3.63, 3.8) is 0 Å². The molecule has 1 unspecified atom stereocenters. The largest absolute Gasteiger partial charge is 0.467 e. The molecule has 1 aromatic heterocycles. The number of hydrogen-bond donors (Lipinski definition) is 2. The van der Waals surface area contributed by atoms with E-state index in [4.69, 9.17) is 14.3 Å². The second kappa shape index (κ2) is 7.49. The molecule has 1 aromatic carbocycles. The Bertz CT molecular complexity index is 874. The number of hydrogen-bond acceptors (Lipinski definition) is 6. The van der Waals surface area contributed by atoms with Gasteiger partial charge < -0.3 is 14.5 Å².